The van der Waals surface area contributed by atoms with Gasteiger partial charge in [-0.15, -0.1) is 11.3 Å². The van der Waals surface area contributed by atoms with Crippen molar-refractivity contribution < 1.29 is 13.2 Å². The number of nitrogens with zero attached hydrogens (tertiary/aromatic N) is 1. The van der Waals surface area contributed by atoms with Crippen LogP contribution in [0.1, 0.15) is 39.6 Å². The minimum absolute atomic E-state index is 0.00195. The molecule has 1 atom stereocenters. The summed E-state index contributed by atoms with van der Waals surface area (Å²) in [6, 6.07) is 0. The maximum Gasteiger partial charge on any atom is 0.171 e. The van der Waals surface area contributed by atoms with Gasteiger partial charge in [0.1, 0.15) is 0 Å². The van der Waals surface area contributed by atoms with Crippen LogP contribution in [0.3, 0.4) is 0 Å². The molecule has 1 saturated heterocycles. The number of ketones is 1. The summed E-state index contributed by atoms with van der Waals surface area (Å²) in [5.74, 6) is 0.409. The van der Waals surface area contributed by atoms with Crippen LogP contribution < -0.4 is 0 Å². The fraction of sp³-hybridized carbons (Fsp3) is 0.600. The van der Waals surface area contributed by atoms with Gasteiger partial charge < -0.3 is 0 Å². The molecule has 88 valence electrons. The molecule has 0 amide bonds. The summed E-state index contributed by atoms with van der Waals surface area (Å²) in [7, 11) is -2.89. The zero-order valence-electron chi connectivity index (χ0n) is 9.19. The number of rotatable bonds is 2. The molecule has 0 aliphatic carbocycles. The van der Waals surface area contributed by atoms with E-state index in [0.29, 0.717) is 11.3 Å². The van der Waals surface area contributed by atoms with E-state index in [0.717, 1.165) is 10.7 Å². The van der Waals surface area contributed by atoms with E-state index in [9.17, 15) is 13.2 Å². The SMILES string of the molecule is CC(=O)c1sc(C2CCS(=O)(=O)C2)nc1C. The van der Waals surface area contributed by atoms with Gasteiger partial charge in [0.05, 0.1) is 27.1 Å². The Morgan fingerprint density at radius 2 is 2.19 bits per heavy atom. The summed E-state index contributed by atoms with van der Waals surface area (Å²) >= 11 is 1.34. The molecule has 2 rings (SSSR count). The highest BCUT2D eigenvalue weighted by Crippen LogP contribution is 2.33. The molecule has 1 aromatic rings. The molecule has 0 bridgehead atoms. The average molecular weight is 259 g/mol. The van der Waals surface area contributed by atoms with Crippen LogP contribution in [0.25, 0.3) is 0 Å². The van der Waals surface area contributed by atoms with Gasteiger partial charge in [-0.05, 0) is 13.3 Å². The lowest BCUT2D eigenvalue weighted by molar-refractivity contribution is 0.102. The summed E-state index contributed by atoms with van der Waals surface area (Å²) in [5.41, 5.74) is 0.719. The van der Waals surface area contributed by atoms with E-state index in [-0.39, 0.29) is 23.2 Å². The van der Waals surface area contributed by atoms with Gasteiger partial charge in [-0.25, -0.2) is 13.4 Å². The average Bonchev–Trinajstić information content (AvgIpc) is 2.69. The smallest absolute Gasteiger partial charge is 0.171 e. The van der Waals surface area contributed by atoms with E-state index in [1.807, 2.05) is 0 Å². The van der Waals surface area contributed by atoms with Crippen molar-refractivity contribution in [2.45, 2.75) is 26.2 Å². The lowest BCUT2D eigenvalue weighted by atomic mass is 10.1. The van der Waals surface area contributed by atoms with Crippen molar-refractivity contribution >= 4 is 27.0 Å². The molecule has 1 unspecified atom stereocenters. The van der Waals surface area contributed by atoms with Crippen molar-refractivity contribution in [3.8, 4) is 0 Å². The van der Waals surface area contributed by atoms with Crippen LogP contribution in [-0.4, -0.2) is 30.7 Å². The Labute approximate surface area is 98.6 Å². The lowest BCUT2D eigenvalue weighted by Gasteiger charge is -2.00. The molecular weight excluding hydrogens is 246 g/mol. The van der Waals surface area contributed by atoms with E-state index in [1.54, 1.807) is 6.92 Å². The van der Waals surface area contributed by atoms with Crippen molar-refractivity contribution in [2.24, 2.45) is 0 Å². The van der Waals surface area contributed by atoms with Crippen LogP contribution in [-0.2, 0) is 9.84 Å². The summed E-state index contributed by atoms with van der Waals surface area (Å²) in [6.45, 7) is 3.30. The van der Waals surface area contributed by atoms with Crippen LogP contribution in [0.4, 0.5) is 0 Å². The van der Waals surface area contributed by atoms with E-state index >= 15 is 0 Å². The number of hydrogen-bond acceptors (Lipinski definition) is 5. The molecule has 0 N–H and O–H groups in total. The van der Waals surface area contributed by atoms with Crippen LogP contribution in [0, 0.1) is 6.92 Å². The Bertz CT molecular complexity index is 530. The van der Waals surface area contributed by atoms with Crippen LogP contribution >= 0.6 is 11.3 Å². The highest BCUT2D eigenvalue weighted by molar-refractivity contribution is 7.91. The van der Waals surface area contributed by atoms with Gasteiger partial charge in [0.25, 0.3) is 0 Å². The van der Waals surface area contributed by atoms with Gasteiger partial charge in [0.2, 0.25) is 0 Å². The van der Waals surface area contributed by atoms with Crippen LogP contribution in [0.5, 0.6) is 0 Å². The first-order valence-corrected chi connectivity index (χ1v) is 7.71. The second kappa shape index (κ2) is 3.92. The van der Waals surface area contributed by atoms with Crippen molar-refractivity contribution in [3.63, 3.8) is 0 Å². The minimum atomic E-state index is -2.89. The summed E-state index contributed by atoms with van der Waals surface area (Å²) in [4.78, 5) is 16.2. The normalized spacial score (nSPS) is 23.5. The van der Waals surface area contributed by atoms with Crippen molar-refractivity contribution in [3.05, 3.63) is 15.6 Å². The molecule has 0 saturated carbocycles. The molecule has 6 heteroatoms. The maximum atomic E-state index is 11.3. The molecule has 1 aromatic heterocycles. The summed E-state index contributed by atoms with van der Waals surface area (Å²) in [5, 5.41) is 0.795. The molecule has 1 aliphatic heterocycles. The third-order valence-electron chi connectivity index (χ3n) is 2.71. The lowest BCUT2D eigenvalue weighted by Crippen LogP contribution is -2.03. The third kappa shape index (κ3) is 2.17. The fourth-order valence-electron chi connectivity index (χ4n) is 1.91. The fourth-order valence-corrected chi connectivity index (χ4v) is 4.86. The van der Waals surface area contributed by atoms with E-state index in [4.69, 9.17) is 0 Å². The monoisotopic (exact) mass is 259 g/mol. The Morgan fingerprint density at radius 3 is 2.62 bits per heavy atom. The van der Waals surface area contributed by atoms with Crippen molar-refractivity contribution in [1.82, 2.24) is 4.98 Å². The molecule has 0 radical (unpaired) electrons. The molecule has 1 fully saturated rings. The number of aryl methyl sites for hydroxylation is 1. The van der Waals surface area contributed by atoms with Gasteiger partial charge in [-0.1, -0.05) is 0 Å². The number of hydrogen-bond donors (Lipinski definition) is 0. The summed E-state index contributed by atoms with van der Waals surface area (Å²) in [6.07, 6.45) is 0.632. The highest BCUT2D eigenvalue weighted by Gasteiger charge is 2.31. The van der Waals surface area contributed by atoms with Gasteiger partial charge >= 0.3 is 0 Å². The molecule has 2 heterocycles. The number of aromatic nitrogens is 1. The zero-order valence-corrected chi connectivity index (χ0v) is 10.8. The Kier molecular flexibility index (Phi) is 2.88. The molecular formula is C10H13NO3S2. The van der Waals surface area contributed by atoms with Crippen LogP contribution in [0.2, 0.25) is 0 Å². The number of thiazole rings is 1. The van der Waals surface area contributed by atoms with Gasteiger partial charge in [0.15, 0.2) is 15.6 Å². The molecule has 1 aliphatic rings. The van der Waals surface area contributed by atoms with E-state index < -0.39 is 9.84 Å². The van der Waals surface area contributed by atoms with Crippen molar-refractivity contribution in [1.29, 1.82) is 0 Å². The first kappa shape index (κ1) is 11.7. The Balaban J connectivity index is 2.30. The number of sulfone groups is 1. The van der Waals surface area contributed by atoms with Gasteiger partial charge in [-0.2, -0.15) is 0 Å². The Morgan fingerprint density at radius 1 is 1.50 bits per heavy atom. The van der Waals surface area contributed by atoms with Crippen molar-refractivity contribution in [2.75, 3.05) is 11.5 Å². The molecule has 0 aromatic carbocycles. The first-order chi connectivity index (χ1) is 7.39. The minimum Gasteiger partial charge on any atom is -0.294 e. The molecule has 4 nitrogen and oxygen atoms in total. The predicted octanol–water partition coefficient (Wildman–Crippen LogP) is 1.56. The molecule has 16 heavy (non-hydrogen) atoms. The summed E-state index contributed by atoms with van der Waals surface area (Å²) < 4.78 is 22.7. The second-order valence-electron chi connectivity index (χ2n) is 4.12. The second-order valence-corrected chi connectivity index (χ2v) is 7.38. The third-order valence-corrected chi connectivity index (χ3v) is 5.90. The quantitative estimate of drug-likeness (QED) is 0.756. The van der Waals surface area contributed by atoms with E-state index in [1.165, 1.54) is 18.3 Å². The van der Waals surface area contributed by atoms with Gasteiger partial charge in [-0.3, -0.25) is 4.79 Å². The maximum absolute atomic E-state index is 11.3. The highest BCUT2D eigenvalue weighted by atomic mass is 32.2. The number of Topliss-reactive ketones (excluding diaryl/α,β-unsaturated/α-hetero) is 1. The largest absolute Gasteiger partial charge is 0.294 e. The topological polar surface area (TPSA) is 64.1 Å². The van der Waals surface area contributed by atoms with Gasteiger partial charge in [0, 0.05) is 12.8 Å². The standard InChI is InChI=1S/C10H13NO3S2/c1-6-9(7(2)12)15-10(11-6)8-3-4-16(13,14)5-8/h8H,3-5H2,1-2H3. The molecule has 0 spiro atoms. The Hall–Kier alpha value is -0.750. The zero-order chi connectivity index (χ0) is 11.9. The number of carbonyl (C=O) groups is 1. The predicted molar refractivity (Wildman–Crippen MR) is 62.9 cm³/mol. The van der Waals surface area contributed by atoms with E-state index in [2.05, 4.69) is 4.98 Å². The van der Waals surface area contributed by atoms with Crippen LogP contribution in [0.15, 0.2) is 0 Å². The number of carbonyl (C=O) groups excluding carboxylic acids is 1. The first-order valence-electron chi connectivity index (χ1n) is 5.08.